The van der Waals surface area contributed by atoms with E-state index >= 15 is 0 Å². The van der Waals surface area contributed by atoms with E-state index in [1.165, 1.54) is 6.33 Å². The Balaban J connectivity index is 2.02. The summed E-state index contributed by atoms with van der Waals surface area (Å²) < 4.78 is 1.67. The minimum Gasteiger partial charge on any atom is -0.361 e. The molecule has 0 amide bonds. The second-order valence-electron chi connectivity index (χ2n) is 4.64. The van der Waals surface area contributed by atoms with Gasteiger partial charge in [-0.2, -0.15) is 0 Å². The van der Waals surface area contributed by atoms with Crippen molar-refractivity contribution >= 4 is 11.6 Å². The Bertz CT molecular complexity index is 423. The molecule has 0 aliphatic carbocycles. The average molecular weight is 253 g/mol. The van der Waals surface area contributed by atoms with E-state index in [4.69, 9.17) is 0 Å². The number of likely N-dealkylation sites (tertiary alicyclic amines) is 1. The van der Waals surface area contributed by atoms with Gasteiger partial charge in [-0.05, 0) is 29.3 Å². The molecule has 1 fully saturated rings. The number of aromatic nitrogens is 2. The highest BCUT2D eigenvalue weighted by molar-refractivity contribution is 5.52. The molecule has 0 bridgehead atoms. The Kier molecular flexibility index (Phi) is 3.81. The summed E-state index contributed by atoms with van der Waals surface area (Å²) in [5.74, 6) is 0.422. The van der Waals surface area contributed by atoms with Gasteiger partial charge in [0, 0.05) is 26.2 Å². The van der Waals surface area contributed by atoms with E-state index in [1.54, 1.807) is 11.6 Å². The lowest BCUT2D eigenvalue weighted by Gasteiger charge is -2.31. The second kappa shape index (κ2) is 5.34. The highest BCUT2D eigenvalue weighted by Crippen LogP contribution is 2.24. The Morgan fingerprint density at radius 2 is 2.22 bits per heavy atom. The smallest absolute Gasteiger partial charge is 0.361 e. The van der Waals surface area contributed by atoms with Gasteiger partial charge < -0.3 is 20.3 Å². The summed E-state index contributed by atoms with van der Waals surface area (Å²) >= 11 is 0. The molecular weight excluding hydrogens is 234 g/mol. The minimum absolute atomic E-state index is 0.0876. The van der Waals surface area contributed by atoms with Crippen LogP contribution in [-0.4, -0.2) is 45.1 Å². The Morgan fingerprint density at radius 1 is 1.56 bits per heavy atom. The van der Waals surface area contributed by atoms with E-state index in [9.17, 15) is 10.1 Å². The summed E-state index contributed by atoms with van der Waals surface area (Å²) in [7, 11) is 1.77. The number of aryl methyl sites for hydroxylation is 1. The van der Waals surface area contributed by atoms with Crippen molar-refractivity contribution in [2.75, 3.05) is 25.0 Å². The predicted molar refractivity (Wildman–Crippen MR) is 68.6 cm³/mol. The molecule has 2 heterocycles. The van der Waals surface area contributed by atoms with Crippen LogP contribution in [0.4, 0.5) is 11.6 Å². The van der Waals surface area contributed by atoms with Crippen LogP contribution in [0.5, 0.6) is 0 Å². The number of piperidine rings is 1. The van der Waals surface area contributed by atoms with Crippen LogP contribution >= 0.6 is 0 Å². The molecule has 2 rings (SSSR count). The Morgan fingerprint density at radius 3 is 2.78 bits per heavy atom. The first-order valence-corrected chi connectivity index (χ1v) is 6.26. The third kappa shape index (κ3) is 2.61. The van der Waals surface area contributed by atoms with Crippen molar-refractivity contribution in [3.8, 4) is 0 Å². The van der Waals surface area contributed by atoms with Crippen LogP contribution in [-0.2, 0) is 7.05 Å². The number of nitrogens with one attached hydrogen (secondary N) is 1. The third-order valence-electron chi connectivity index (χ3n) is 3.47. The number of imidazole rings is 1. The number of hydrogen-bond acceptors (Lipinski definition) is 5. The Hall–Kier alpha value is -1.63. The van der Waals surface area contributed by atoms with E-state index in [0.717, 1.165) is 32.5 Å². The van der Waals surface area contributed by atoms with Gasteiger partial charge in [0.25, 0.3) is 0 Å². The molecule has 18 heavy (non-hydrogen) atoms. The van der Waals surface area contributed by atoms with Crippen molar-refractivity contribution in [1.82, 2.24) is 14.5 Å². The van der Waals surface area contributed by atoms with Crippen molar-refractivity contribution < 1.29 is 4.92 Å². The number of anilines is 1. The first-order chi connectivity index (χ1) is 8.61. The summed E-state index contributed by atoms with van der Waals surface area (Å²) in [6.07, 6.45) is 3.49. The van der Waals surface area contributed by atoms with E-state index in [0.29, 0.717) is 11.9 Å². The van der Waals surface area contributed by atoms with Crippen LogP contribution in [0.3, 0.4) is 0 Å². The molecule has 1 saturated heterocycles. The van der Waals surface area contributed by atoms with Crippen LogP contribution in [0, 0.1) is 10.1 Å². The van der Waals surface area contributed by atoms with Crippen LogP contribution in [0.2, 0.25) is 0 Å². The molecule has 7 heteroatoms. The van der Waals surface area contributed by atoms with Gasteiger partial charge in [-0.3, -0.25) is 4.57 Å². The van der Waals surface area contributed by atoms with Gasteiger partial charge in [-0.15, -0.1) is 0 Å². The topological polar surface area (TPSA) is 76.2 Å². The molecule has 1 aliphatic heterocycles. The molecule has 0 unspecified atom stereocenters. The molecule has 100 valence electrons. The van der Waals surface area contributed by atoms with Crippen molar-refractivity contribution in [2.24, 2.45) is 7.05 Å². The van der Waals surface area contributed by atoms with Crippen LogP contribution in [0.1, 0.15) is 19.8 Å². The summed E-state index contributed by atoms with van der Waals surface area (Å²) in [4.78, 5) is 16.6. The molecule has 0 aromatic carbocycles. The minimum atomic E-state index is -0.441. The van der Waals surface area contributed by atoms with Gasteiger partial charge in [0.1, 0.15) is 0 Å². The Labute approximate surface area is 106 Å². The molecule has 0 atom stereocenters. The third-order valence-corrected chi connectivity index (χ3v) is 3.47. The molecule has 1 aromatic rings. The molecule has 7 nitrogen and oxygen atoms in total. The summed E-state index contributed by atoms with van der Waals surface area (Å²) in [6, 6.07) is 0.293. The van der Waals surface area contributed by atoms with Gasteiger partial charge in [0.2, 0.25) is 12.1 Å². The normalized spacial score (nSPS) is 17.9. The van der Waals surface area contributed by atoms with Gasteiger partial charge in [-0.1, -0.05) is 6.92 Å². The van der Waals surface area contributed by atoms with Crippen molar-refractivity contribution in [3.05, 3.63) is 16.4 Å². The average Bonchev–Trinajstić information content (AvgIpc) is 2.72. The SMILES string of the molecule is CCN1CCC(Nc2c([N+](=O)[O-])ncn2C)CC1. The van der Waals surface area contributed by atoms with Gasteiger partial charge in [-0.25, -0.2) is 0 Å². The van der Waals surface area contributed by atoms with E-state index < -0.39 is 4.92 Å². The van der Waals surface area contributed by atoms with Crippen LogP contribution < -0.4 is 5.32 Å². The largest absolute Gasteiger partial charge is 0.406 e. The molecule has 0 saturated carbocycles. The number of rotatable bonds is 4. The lowest BCUT2D eigenvalue weighted by molar-refractivity contribution is -0.388. The monoisotopic (exact) mass is 253 g/mol. The fraction of sp³-hybridized carbons (Fsp3) is 0.727. The fourth-order valence-electron chi connectivity index (χ4n) is 2.30. The predicted octanol–water partition coefficient (Wildman–Crippen LogP) is 1.22. The standard InChI is InChI=1S/C11H19N5O2/c1-3-15-6-4-9(5-7-15)13-11-10(16(17)18)12-8-14(11)2/h8-9,13H,3-7H2,1-2H3. The second-order valence-corrected chi connectivity index (χ2v) is 4.64. The lowest BCUT2D eigenvalue weighted by atomic mass is 10.1. The highest BCUT2D eigenvalue weighted by Gasteiger charge is 2.24. The van der Waals surface area contributed by atoms with Crippen LogP contribution in [0.25, 0.3) is 0 Å². The summed E-state index contributed by atoms with van der Waals surface area (Å²) in [5.41, 5.74) is 0. The molecule has 0 radical (unpaired) electrons. The fourth-order valence-corrected chi connectivity index (χ4v) is 2.30. The number of hydrogen-bond donors (Lipinski definition) is 1. The number of nitro groups is 1. The molecular formula is C11H19N5O2. The van der Waals surface area contributed by atoms with Gasteiger partial charge in [0.15, 0.2) is 0 Å². The maximum atomic E-state index is 10.9. The van der Waals surface area contributed by atoms with Crippen LogP contribution in [0.15, 0.2) is 6.33 Å². The van der Waals surface area contributed by atoms with E-state index in [2.05, 4.69) is 22.1 Å². The van der Waals surface area contributed by atoms with Crippen molar-refractivity contribution in [3.63, 3.8) is 0 Å². The maximum absolute atomic E-state index is 10.9. The highest BCUT2D eigenvalue weighted by atomic mass is 16.6. The quantitative estimate of drug-likeness (QED) is 0.645. The maximum Gasteiger partial charge on any atom is 0.406 e. The molecule has 1 N–H and O–H groups in total. The first-order valence-electron chi connectivity index (χ1n) is 6.26. The molecule has 0 spiro atoms. The molecule has 1 aromatic heterocycles. The zero-order chi connectivity index (χ0) is 13.1. The zero-order valence-corrected chi connectivity index (χ0v) is 10.8. The van der Waals surface area contributed by atoms with Crippen molar-refractivity contribution in [1.29, 1.82) is 0 Å². The zero-order valence-electron chi connectivity index (χ0n) is 10.8. The summed E-state index contributed by atoms with van der Waals surface area (Å²) in [6.45, 7) is 5.30. The number of nitrogens with zero attached hydrogens (tertiary/aromatic N) is 4. The van der Waals surface area contributed by atoms with Gasteiger partial charge >= 0.3 is 5.82 Å². The lowest BCUT2D eigenvalue weighted by Crippen LogP contribution is -2.39. The molecule has 1 aliphatic rings. The van der Waals surface area contributed by atoms with Crippen molar-refractivity contribution in [2.45, 2.75) is 25.8 Å². The first kappa shape index (κ1) is 12.8. The van der Waals surface area contributed by atoms with Gasteiger partial charge in [0.05, 0.1) is 0 Å². The summed E-state index contributed by atoms with van der Waals surface area (Å²) in [5, 5.41) is 14.1. The van der Waals surface area contributed by atoms with E-state index in [1.807, 2.05) is 0 Å². The van der Waals surface area contributed by atoms with E-state index in [-0.39, 0.29) is 5.82 Å².